The van der Waals surface area contributed by atoms with Gasteiger partial charge in [-0.15, -0.1) is 0 Å². The monoisotopic (exact) mass is 430 g/mol. The number of aliphatic hydroxyl groups is 1. The Balaban J connectivity index is 1.69. The molecular formula is C17H21Cl3N6O. The maximum absolute atomic E-state index is 9.00. The molecule has 0 bridgehead atoms. The largest absolute Gasteiger partial charge is 0.395 e. The Bertz CT molecular complexity index is 735. The molecule has 0 radical (unpaired) electrons. The highest BCUT2D eigenvalue weighted by molar-refractivity contribution is 6.66. The number of hydrogen-bond donors (Lipinski definition) is 2. The van der Waals surface area contributed by atoms with Crippen LogP contribution in [0.3, 0.4) is 0 Å². The molecule has 27 heavy (non-hydrogen) atoms. The zero-order chi connectivity index (χ0) is 19.3. The van der Waals surface area contributed by atoms with Gasteiger partial charge < -0.3 is 15.3 Å². The Kier molecular flexibility index (Phi) is 6.94. The van der Waals surface area contributed by atoms with E-state index in [1.807, 2.05) is 11.0 Å². The quantitative estimate of drug-likeness (QED) is 0.680. The molecule has 0 unspecified atom stereocenters. The molecule has 1 saturated heterocycles. The first kappa shape index (κ1) is 20.4. The van der Waals surface area contributed by atoms with E-state index in [0.717, 1.165) is 32.7 Å². The van der Waals surface area contributed by atoms with Gasteiger partial charge in [-0.25, -0.2) is 0 Å². The van der Waals surface area contributed by atoms with Gasteiger partial charge >= 0.3 is 0 Å². The molecular weight excluding hydrogens is 411 g/mol. The number of alkyl halides is 3. The standard InChI is InChI=1S/C17H21Cl3N6O/c18-17(19,20)14-22-15(21-6-11-27)24-16(23-14)26-9-7-25(8-10-26)12-13-4-2-1-3-5-13/h1-5,27H,6-12H2,(H,21,22,23,24). The van der Waals surface area contributed by atoms with Crippen LogP contribution in [0.5, 0.6) is 0 Å². The van der Waals surface area contributed by atoms with E-state index in [1.165, 1.54) is 5.56 Å². The van der Waals surface area contributed by atoms with Crippen molar-refractivity contribution in [3.8, 4) is 0 Å². The minimum absolute atomic E-state index is 0.0533. The van der Waals surface area contributed by atoms with Crippen LogP contribution in [0.25, 0.3) is 0 Å². The van der Waals surface area contributed by atoms with Crippen LogP contribution in [-0.4, -0.2) is 64.3 Å². The molecule has 0 amide bonds. The molecule has 0 saturated carbocycles. The highest BCUT2D eigenvalue weighted by Gasteiger charge is 2.30. The molecule has 1 aliphatic heterocycles. The Morgan fingerprint density at radius 1 is 1.00 bits per heavy atom. The first-order valence-electron chi connectivity index (χ1n) is 8.65. The van der Waals surface area contributed by atoms with Crippen LogP contribution in [0, 0.1) is 0 Å². The highest BCUT2D eigenvalue weighted by atomic mass is 35.6. The lowest BCUT2D eigenvalue weighted by atomic mass is 10.2. The normalized spacial score (nSPS) is 15.8. The first-order chi connectivity index (χ1) is 13.0. The summed E-state index contributed by atoms with van der Waals surface area (Å²) in [6.07, 6.45) is 0. The lowest BCUT2D eigenvalue weighted by molar-refractivity contribution is 0.248. The second-order valence-corrected chi connectivity index (χ2v) is 8.46. The van der Waals surface area contributed by atoms with E-state index in [9.17, 15) is 0 Å². The third-order valence-corrected chi connectivity index (χ3v) is 4.68. The van der Waals surface area contributed by atoms with Gasteiger partial charge in [-0.2, -0.15) is 15.0 Å². The molecule has 3 rings (SSSR count). The topological polar surface area (TPSA) is 77.4 Å². The average molecular weight is 432 g/mol. The number of rotatable bonds is 6. The van der Waals surface area contributed by atoms with Gasteiger partial charge in [0.25, 0.3) is 0 Å². The fourth-order valence-electron chi connectivity index (χ4n) is 2.83. The van der Waals surface area contributed by atoms with Crippen LogP contribution >= 0.6 is 34.8 Å². The van der Waals surface area contributed by atoms with Gasteiger partial charge in [-0.1, -0.05) is 65.1 Å². The van der Waals surface area contributed by atoms with Crippen LogP contribution in [0.1, 0.15) is 11.4 Å². The lowest BCUT2D eigenvalue weighted by Gasteiger charge is -2.35. The third kappa shape index (κ3) is 5.80. The minimum Gasteiger partial charge on any atom is -0.395 e. The predicted octanol–water partition coefficient (Wildman–Crippen LogP) is 2.42. The summed E-state index contributed by atoms with van der Waals surface area (Å²) in [4.78, 5) is 17.3. The molecule has 0 spiro atoms. The van der Waals surface area contributed by atoms with Gasteiger partial charge in [0.05, 0.1) is 6.61 Å². The lowest BCUT2D eigenvalue weighted by Crippen LogP contribution is -2.46. The number of aromatic nitrogens is 3. The number of piperazine rings is 1. The molecule has 2 heterocycles. The fourth-order valence-corrected chi connectivity index (χ4v) is 3.08. The number of nitrogens with zero attached hydrogens (tertiary/aromatic N) is 5. The third-order valence-electron chi connectivity index (χ3n) is 4.18. The molecule has 1 aliphatic rings. The molecule has 1 aromatic carbocycles. The number of halogens is 3. The van der Waals surface area contributed by atoms with Crippen LogP contribution in [0.2, 0.25) is 0 Å². The molecule has 0 atom stereocenters. The summed E-state index contributed by atoms with van der Waals surface area (Å²) in [5.41, 5.74) is 1.29. The van der Waals surface area contributed by atoms with Crippen LogP contribution in [-0.2, 0) is 10.3 Å². The van der Waals surface area contributed by atoms with Crippen LogP contribution in [0.15, 0.2) is 30.3 Å². The zero-order valence-corrected chi connectivity index (χ0v) is 16.9. The van der Waals surface area contributed by atoms with E-state index in [4.69, 9.17) is 39.9 Å². The SMILES string of the molecule is OCCNc1nc(N2CCN(Cc3ccccc3)CC2)nc(C(Cl)(Cl)Cl)n1. The van der Waals surface area contributed by atoms with Crippen molar-refractivity contribution in [2.24, 2.45) is 0 Å². The summed E-state index contributed by atoms with van der Waals surface area (Å²) in [5.74, 6) is 0.804. The Hall–Kier alpha value is -1.38. The summed E-state index contributed by atoms with van der Waals surface area (Å²) < 4.78 is -1.75. The zero-order valence-electron chi connectivity index (χ0n) is 14.7. The van der Waals surface area contributed by atoms with Crippen molar-refractivity contribution < 1.29 is 5.11 Å². The number of hydrogen-bond acceptors (Lipinski definition) is 7. The van der Waals surface area contributed by atoms with E-state index < -0.39 is 3.79 Å². The Morgan fingerprint density at radius 2 is 1.70 bits per heavy atom. The van der Waals surface area contributed by atoms with Gasteiger partial charge in [0.2, 0.25) is 15.7 Å². The van der Waals surface area contributed by atoms with Gasteiger partial charge in [-0.05, 0) is 5.56 Å². The van der Waals surface area contributed by atoms with Gasteiger partial charge in [0, 0.05) is 39.3 Å². The van der Waals surface area contributed by atoms with E-state index in [-0.39, 0.29) is 18.4 Å². The number of benzene rings is 1. The van der Waals surface area contributed by atoms with Crippen molar-refractivity contribution in [1.82, 2.24) is 19.9 Å². The van der Waals surface area contributed by atoms with Crippen molar-refractivity contribution in [2.45, 2.75) is 10.3 Å². The molecule has 0 aliphatic carbocycles. The van der Waals surface area contributed by atoms with Gasteiger partial charge in [-0.3, -0.25) is 4.90 Å². The van der Waals surface area contributed by atoms with Crippen molar-refractivity contribution in [3.63, 3.8) is 0 Å². The number of anilines is 2. The minimum atomic E-state index is -1.75. The predicted molar refractivity (Wildman–Crippen MR) is 109 cm³/mol. The summed E-state index contributed by atoms with van der Waals surface area (Å²) in [6, 6.07) is 10.4. The van der Waals surface area contributed by atoms with Crippen molar-refractivity contribution >= 4 is 46.7 Å². The average Bonchev–Trinajstić information content (AvgIpc) is 2.67. The van der Waals surface area contributed by atoms with E-state index in [0.29, 0.717) is 12.5 Å². The van der Waals surface area contributed by atoms with Crippen molar-refractivity contribution in [1.29, 1.82) is 0 Å². The Morgan fingerprint density at radius 3 is 2.33 bits per heavy atom. The van der Waals surface area contributed by atoms with Gasteiger partial charge in [0.1, 0.15) is 0 Å². The number of aliphatic hydroxyl groups excluding tert-OH is 1. The molecule has 7 nitrogen and oxygen atoms in total. The summed E-state index contributed by atoms with van der Waals surface area (Å²) in [6.45, 7) is 4.43. The second-order valence-electron chi connectivity index (χ2n) is 6.18. The second kappa shape index (κ2) is 9.21. The van der Waals surface area contributed by atoms with E-state index in [2.05, 4.69) is 49.4 Å². The van der Waals surface area contributed by atoms with Crippen LogP contribution < -0.4 is 10.2 Å². The van der Waals surface area contributed by atoms with E-state index in [1.54, 1.807) is 0 Å². The van der Waals surface area contributed by atoms with Crippen molar-refractivity contribution in [3.05, 3.63) is 41.7 Å². The summed E-state index contributed by atoms with van der Waals surface area (Å²) >= 11 is 17.9. The molecule has 1 fully saturated rings. The van der Waals surface area contributed by atoms with Crippen LogP contribution in [0.4, 0.5) is 11.9 Å². The van der Waals surface area contributed by atoms with Crippen molar-refractivity contribution in [2.75, 3.05) is 49.5 Å². The van der Waals surface area contributed by atoms with E-state index >= 15 is 0 Å². The first-order valence-corrected chi connectivity index (χ1v) is 9.78. The Labute approximate surface area is 173 Å². The molecule has 1 aromatic heterocycles. The summed E-state index contributed by atoms with van der Waals surface area (Å²) in [7, 11) is 0. The maximum atomic E-state index is 9.00. The molecule has 10 heteroatoms. The summed E-state index contributed by atoms with van der Waals surface area (Å²) in [5, 5.41) is 11.9. The fraction of sp³-hybridized carbons (Fsp3) is 0.471. The maximum Gasteiger partial charge on any atom is 0.250 e. The molecule has 2 N–H and O–H groups in total. The highest BCUT2D eigenvalue weighted by Crippen LogP contribution is 2.36. The van der Waals surface area contributed by atoms with Gasteiger partial charge in [0.15, 0.2) is 5.82 Å². The number of nitrogens with one attached hydrogen (secondary N) is 1. The smallest absolute Gasteiger partial charge is 0.250 e. The molecule has 146 valence electrons. The molecule has 2 aromatic rings.